The Bertz CT molecular complexity index is 1240. The van der Waals surface area contributed by atoms with E-state index in [4.69, 9.17) is 14.2 Å². The highest BCUT2D eigenvalue weighted by Crippen LogP contribution is 2.45. The Morgan fingerprint density at radius 1 is 1.03 bits per heavy atom. The van der Waals surface area contributed by atoms with Gasteiger partial charge in [-0.05, 0) is 48.4 Å². The predicted octanol–water partition coefficient (Wildman–Crippen LogP) is 1.10. The van der Waals surface area contributed by atoms with E-state index < -0.39 is 37.1 Å². The molecule has 0 bridgehead atoms. The van der Waals surface area contributed by atoms with Crippen LogP contribution < -0.4 is 15.0 Å². The highest BCUT2D eigenvalue weighted by Gasteiger charge is 2.62. The summed E-state index contributed by atoms with van der Waals surface area (Å²) in [5.41, 5.74) is 0.632. The number of hydrogen-bond acceptors (Lipinski definition) is 10. The van der Waals surface area contributed by atoms with Gasteiger partial charge in [-0.1, -0.05) is 16.6 Å². The first-order valence-electron chi connectivity index (χ1n) is 9.66. The van der Waals surface area contributed by atoms with Crippen molar-refractivity contribution < 1.29 is 35.8 Å². The Labute approximate surface area is 192 Å². The van der Waals surface area contributed by atoms with Gasteiger partial charge in [0.25, 0.3) is 0 Å². The third kappa shape index (κ3) is 4.44. The van der Waals surface area contributed by atoms with Crippen molar-refractivity contribution in [3.63, 3.8) is 0 Å². The summed E-state index contributed by atoms with van der Waals surface area (Å²) >= 11 is 0. The van der Waals surface area contributed by atoms with Crippen molar-refractivity contribution in [1.82, 2.24) is 10.5 Å². The summed E-state index contributed by atoms with van der Waals surface area (Å²) in [7, 11) is -2.93. The van der Waals surface area contributed by atoms with E-state index in [1.165, 1.54) is 55.6 Å². The van der Waals surface area contributed by atoms with Crippen LogP contribution in [0, 0.1) is 0 Å². The van der Waals surface area contributed by atoms with E-state index in [0.717, 1.165) is 7.11 Å². The van der Waals surface area contributed by atoms with Gasteiger partial charge < -0.3 is 14.2 Å². The Morgan fingerprint density at radius 2 is 1.58 bits per heavy atom. The molecule has 1 fully saturated rings. The molecular weight excluding hydrogens is 474 g/mol. The van der Waals surface area contributed by atoms with E-state index in [-0.39, 0.29) is 23.4 Å². The standard InChI is InChI=1S/C20H23N3O8S2/c1-29-15-6-4-14(5-7-15)20(19(24)31-3)18(12-13-23(20)21-22-32(25)26)33(27,28)17-10-8-16(30-2)9-11-17/h4-11,18,21H,12-13H2,1-3H3. The normalized spacial score (nSPS) is 20.8. The number of rotatable bonds is 8. The second-order valence-corrected chi connectivity index (χ2v) is 9.79. The first-order valence-corrected chi connectivity index (χ1v) is 12.2. The van der Waals surface area contributed by atoms with Crippen LogP contribution in [0.3, 0.4) is 0 Å². The number of benzene rings is 2. The van der Waals surface area contributed by atoms with E-state index in [1.54, 1.807) is 12.1 Å². The fourth-order valence-electron chi connectivity index (χ4n) is 4.03. The molecule has 1 aliphatic heterocycles. The molecule has 1 N–H and O–H groups in total. The maximum absolute atomic E-state index is 13.8. The summed E-state index contributed by atoms with van der Waals surface area (Å²) in [6.45, 7) is -0.0120. The largest absolute Gasteiger partial charge is 0.497 e. The van der Waals surface area contributed by atoms with Gasteiger partial charge in [-0.3, -0.25) is 0 Å². The second kappa shape index (κ2) is 9.87. The molecule has 0 aromatic heterocycles. The van der Waals surface area contributed by atoms with Crippen molar-refractivity contribution >= 4 is 26.3 Å². The van der Waals surface area contributed by atoms with Crippen molar-refractivity contribution in [3.8, 4) is 11.5 Å². The Kier molecular flexibility index (Phi) is 7.37. The zero-order valence-electron chi connectivity index (χ0n) is 18.1. The first kappa shape index (κ1) is 24.6. The summed E-state index contributed by atoms with van der Waals surface area (Å²) in [5.74, 6) is 0.0533. The van der Waals surface area contributed by atoms with Gasteiger partial charge >= 0.3 is 16.5 Å². The van der Waals surface area contributed by atoms with Gasteiger partial charge in [-0.15, -0.1) is 5.53 Å². The van der Waals surface area contributed by atoms with Crippen LogP contribution in [-0.4, -0.2) is 60.9 Å². The average molecular weight is 498 g/mol. The van der Waals surface area contributed by atoms with Gasteiger partial charge in [0.05, 0.1) is 26.2 Å². The molecule has 2 unspecified atom stereocenters. The van der Waals surface area contributed by atoms with Crippen LogP contribution in [0.25, 0.3) is 0 Å². The molecule has 1 aliphatic rings. The van der Waals surface area contributed by atoms with Gasteiger partial charge in [0.2, 0.25) is 0 Å². The molecule has 2 atom stereocenters. The molecule has 178 valence electrons. The zero-order valence-corrected chi connectivity index (χ0v) is 19.7. The van der Waals surface area contributed by atoms with Crippen molar-refractivity contribution in [1.29, 1.82) is 0 Å². The minimum absolute atomic E-state index is 0.0104. The quantitative estimate of drug-likeness (QED) is 0.416. The molecule has 0 amide bonds. The number of methoxy groups -OCH3 is 3. The molecule has 0 radical (unpaired) electrons. The molecule has 11 nitrogen and oxygen atoms in total. The number of nitrogens with zero attached hydrogens (tertiary/aromatic N) is 2. The molecule has 1 heterocycles. The van der Waals surface area contributed by atoms with E-state index in [0.29, 0.717) is 11.5 Å². The van der Waals surface area contributed by atoms with Crippen LogP contribution in [0.4, 0.5) is 0 Å². The molecular formula is C20H23N3O8S2. The van der Waals surface area contributed by atoms with Crippen LogP contribution in [0.2, 0.25) is 0 Å². The van der Waals surface area contributed by atoms with E-state index in [9.17, 15) is 21.6 Å². The fourth-order valence-corrected chi connectivity index (χ4v) is 6.26. The van der Waals surface area contributed by atoms with Crippen LogP contribution in [-0.2, 0) is 35.4 Å². The average Bonchev–Trinajstić information content (AvgIpc) is 3.23. The number of carbonyl (C=O) groups excluding carboxylic acids is 1. The number of hydrogen-bond donors (Lipinski definition) is 1. The summed E-state index contributed by atoms with van der Waals surface area (Å²) in [5, 5.41) is -0.163. The second-order valence-electron chi connectivity index (χ2n) is 7.04. The van der Waals surface area contributed by atoms with Crippen LogP contribution in [0.5, 0.6) is 11.5 Å². The van der Waals surface area contributed by atoms with E-state index >= 15 is 0 Å². The van der Waals surface area contributed by atoms with Gasteiger partial charge in [0.1, 0.15) is 16.7 Å². The maximum Gasteiger partial charge on any atom is 0.333 e. The minimum Gasteiger partial charge on any atom is -0.497 e. The number of esters is 1. The summed E-state index contributed by atoms with van der Waals surface area (Å²) in [6.07, 6.45) is -0.0104. The Balaban J connectivity index is 2.25. The lowest BCUT2D eigenvalue weighted by molar-refractivity contribution is -0.156. The summed E-state index contributed by atoms with van der Waals surface area (Å²) < 4.78 is 68.2. The van der Waals surface area contributed by atoms with Gasteiger partial charge in [0.15, 0.2) is 15.4 Å². The maximum atomic E-state index is 13.8. The van der Waals surface area contributed by atoms with Gasteiger partial charge in [-0.2, -0.15) is 8.42 Å². The number of sulfone groups is 1. The zero-order chi connectivity index (χ0) is 24.2. The van der Waals surface area contributed by atoms with Crippen molar-refractivity contribution in [2.75, 3.05) is 27.9 Å². The molecule has 1 saturated heterocycles. The Hall–Kier alpha value is -3.00. The lowest BCUT2D eigenvalue weighted by atomic mass is 9.87. The van der Waals surface area contributed by atoms with Crippen LogP contribution in [0.1, 0.15) is 12.0 Å². The highest BCUT2D eigenvalue weighted by molar-refractivity contribution is 7.92. The lowest BCUT2D eigenvalue weighted by Crippen LogP contribution is -2.59. The molecule has 2 aromatic rings. The summed E-state index contributed by atoms with van der Waals surface area (Å²) in [6, 6.07) is 12.0. The highest BCUT2D eigenvalue weighted by atomic mass is 32.2. The molecule has 3 rings (SSSR count). The predicted molar refractivity (Wildman–Crippen MR) is 116 cm³/mol. The fraction of sp³-hybridized carbons (Fsp3) is 0.350. The van der Waals surface area contributed by atoms with Gasteiger partial charge in [0, 0.05) is 6.54 Å². The Morgan fingerprint density at radius 3 is 2.06 bits per heavy atom. The molecule has 33 heavy (non-hydrogen) atoms. The monoisotopic (exact) mass is 497 g/mol. The van der Waals surface area contributed by atoms with Crippen LogP contribution >= 0.6 is 0 Å². The number of carbonyl (C=O) groups is 1. The molecule has 0 aliphatic carbocycles. The van der Waals surface area contributed by atoms with Gasteiger partial charge in [-0.25, -0.2) is 18.2 Å². The lowest BCUT2D eigenvalue weighted by Gasteiger charge is -2.38. The van der Waals surface area contributed by atoms with Crippen molar-refractivity contribution in [2.45, 2.75) is 22.1 Å². The minimum atomic E-state index is -4.13. The van der Waals surface area contributed by atoms with Crippen molar-refractivity contribution in [3.05, 3.63) is 54.1 Å². The topological polar surface area (TPSA) is 141 Å². The third-order valence-corrected chi connectivity index (χ3v) is 8.02. The summed E-state index contributed by atoms with van der Waals surface area (Å²) in [4.78, 5) is 13.3. The van der Waals surface area contributed by atoms with E-state index in [1.807, 2.05) is 0 Å². The third-order valence-electron chi connectivity index (χ3n) is 5.53. The number of ether oxygens (including phenoxy) is 3. The van der Waals surface area contributed by atoms with Crippen LogP contribution in [0.15, 0.2) is 57.9 Å². The molecule has 13 heteroatoms. The SMILES string of the molecule is COC(=O)C1(c2ccc(OC)cc2)C(S(=O)(=O)c2ccc(OC)cc2)CCN1NN=S(=O)=O. The van der Waals surface area contributed by atoms with Crippen molar-refractivity contribution in [2.24, 2.45) is 4.47 Å². The molecule has 2 aromatic carbocycles. The molecule has 0 saturated carbocycles. The first-order chi connectivity index (χ1) is 15.7. The van der Waals surface area contributed by atoms with E-state index in [2.05, 4.69) is 10.0 Å². The number of hydrazine groups is 1. The smallest absolute Gasteiger partial charge is 0.333 e. The molecule has 0 spiro atoms. The number of nitrogens with one attached hydrogen (secondary N) is 1.